The van der Waals surface area contributed by atoms with Crippen molar-refractivity contribution in [1.29, 1.82) is 0 Å². The number of likely N-dealkylation sites (tertiary alicyclic amines) is 1. The predicted molar refractivity (Wildman–Crippen MR) is 69.1 cm³/mol. The van der Waals surface area contributed by atoms with Crippen LogP contribution in [0.15, 0.2) is 0 Å². The maximum Gasteiger partial charge on any atom is 0.391 e. The summed E-state index contributed by atoms with van der Waals surface area (Å²) >= 11 is 0. The van der Waals surface area contributed by atoms with E-state index in [9.17, 15) is 18.0 Å². The first-order chi connectivity index (χ1) is 9.36. The molecule has 2 fully saturated rings. The number of carbonyl (C=O) groups excluding carboxylic acids is 1. The maximum absolute atomic E-state index is 12.6. The minimum absolute atomic E-state index is 0.179. The number of carbonyl (C=O) groups is 1. The lowest BCUT2D eigenvalue weighted by Gasteiger charge is -2.36. The van der Waals surface area contributed by atoms with Crippen LogP contribution in [0.4, 0.5) is 18.0 Å². The van der Waals surface area contributed by atoms with E-state index in [-0.39, 0.29) is 24.9 Å². The van der Waals surface area contributed by atoms with Crippen LogP contribution < -0.4 is 11.1 Å². The normalized spacial score (nSPS) is 29.4. The van der Waals surface area contributed by atoms with Gasteiger partial charge in [0.1, 0.15) is 0 Å². The van der Waals surface area contributed by atoms with E-state index < -0.39 is 18.1 Å². The number of urea groups is 1. The molecule has 1 saturated heterocycles. The zero-order valence-corrected chi connectivity index (χ0v) is 11.5. The molecule has 1 aliphatic carbocycles. The Morgan fingerprint density at radius 3 is 1.95 bits per heavy atom. The van der Waals surface area contributed by atoms with E-state index in [0.717, 1.165) is 12.8 Å². The van der Waals surface area contributed by atoms with Gasteiger partial charge in [-0.3, -0.25) is 0 Å². The van der Waals surface area contributed by atoms with Gasteiger partial charge < -0.3 is 16.0 Å². The number of piperidine rings is 1. The minimum Gasteiger partial charge on any atom is -0.351 e. The van der Waals surface area contributed by atoms with E-state index in [1.807, 2.05) is 0 Å². The van der Waals surface area contributed by atoms with E-state index >= 15 is 0 Å². The van der Waals surface area contributed by atoms with E-state index in [4.69, 9.17) is 5.73 Å². The molecule has 0 aromatic heterocycles. The van der Waals surface area contributed by atoms with Gasteiger partial charge in [-0.25, -0.2) is 4.79 Å². The number of nitrogens with one attached hydrogen (secondary N) is 1. The molecule has 3 N–H and O–H groups in total. The summed E-state index contributed by atoms with van der Waals surface area (Å²) in [5, 5.41) is 3.44. The number of hydrogen-bond donors (Lipinski definition) is 2. The zero-order chi connectivity index (χ0) is 14.8. The molecule has 116 valence electrons. The van der Waals surface area contributed by atoms with E-state index in [1.54, 1.807) is 4.90 Å². The summed E-state index contributed by atoms with van der Waals surface area (Å²) in [5.74, 6) is -1.13. The van der Waals surface area contributed by atoms with E-state index in [1.165, 1.54) is 0 Å². The van der Waals surface area contributed by atoms with Crippen LogP contribution in [-0.2, 0) is 0 Å². The molecule has 0 aromatic rings. The zero-order valence-electron chi connectivity index (χ0n) is 11.5. The SMILES string of the molecule is NC(=O)N1CCC(NC2CCC(C(F)(F)F)CC2)CC1. The number of nitrogens with two attached hydrogens (primary N) is 1. The Balaban J connectivity index is 1.70. The largest absolute Gasteiger partial charge is 0.391 e. The maximum atomic E-state index is 12.6. The molecule has 1 aliphatic heterocycles. The van der Waals surface area contributed by atoms with Crippen molar-refractivity contribution in [2.24, 2.45) is 11.7 Å². The Labute approximate surface area is 116 Å². The molecule has 4 nitrogen and oxygen atoms in total. The Bertz CT molecular complexity index is 332. The molecule has 20 heavy (non-hydrogen) atoms. The van der Waals surface area contributed by atoms with Crippen molar-refractivity contribution in [3.05, 3.63) is 0 Å². The van der Waals surface area contributed by atoms with Gasteiger partial charge in [0.25, 0.3) is 0 Å². The number of hydrogen-bond acceptors (Lipinski definition) is 2. The third kappa shape index (κ3) is 4.01. The minimum atomic E-state index is -4.04. The van der Waals surface area contributed by atoms with Crippen LogP contribution in [0.25, 0.3) is 0 Å². The quantitative estimate of drug-likeness (QED) is 0.820. The molecule has 1 heterocycles. The van der Waals surface area contributed by atoms with Gasteiger partial charge in [0.2, 0.25) is 0 Å². The van der Waals surface area contributed by atoms with Gasteiger partial charge >= 0.3 is 12.2 Å². The lowest BCUT2D eigenvalue weighted by atomic mass is 9.85. The fourth-order valence-electron chi connectivity index (χ4n) is 3.19. The van der Waals surface area contributed by atoms with E-state index in [0.29, 0.717) is 25.9 Å². The average molecular weight is 293 g/mol. The van der Waals surface area contributed by atoms with Crippen molar-refractivity contribution >= 4 is 6.03 Å². The summed E-state index contributed by atoms with van der Waals surface area (Å²) < 4.78 is 37.7. The Kier molecular flexibility index (Phi) is 4.78. The van der Waals surface area contributed by atoms with Gasteiger partial charge in [0.05, 0.1) is 5.92 Å². The molecule has 0 aromatic carbocycles. The molecule has 0 atom stereocenters. The molecule has 2 amide bonds. The van der Waals surface area contributed by atoms with Crippen LogP contribution in [0.5, 0.6) is 0 Å². The monoisotopic (exact) mass is 293 g/mol. The third-order valence-electron chi connectivity index (χ3n) is 4.47. The van der Waals surface area contributed by atoms with Gasteiger partial charge in [-0.1, -0.05) is 0 Å². The summed E-state index contributed by atoms with van der Waals surface area (Å²) in [7, 11) is 0. The highest BCUT2D eigenvalue weighted by Gasteiger charge is 2.41. The molecule has 7 heteroatoms. The number of halogens is 3. The van der Waals surface area contributed by atoms with Gasteiger partial charge in [0, 0.05) is 25.2 Å². The van der Waals surface area contributed by atoms with Crippen molar-refractivity contribution in [3.8, 4) is 0 Å². The summed E-state index contributed by atoms with van der Waals surface area (Å²) in [6.07, 6.45) is -0.787. The van der Waals surface area contributed by atoms with Crippen LogP contribution in [0, 0.1) is 5.92 Å². The van der Waals surface area contributed by atoms with Crippen LogP contribution in [-0.4, -0.2) is 42.3 Å². The predicted octanol–water partition coefficient (Wildman–Crippen LogP) is 2.24. The summed E-state index contributed by atoms with van der Waals surface area (Å²) in [6.45, 7) is 1.26. The smallest absolute Gasteiger partial charge is 0.351 e. The fraction of sp³-hybridized carbons (Fsp3) is 0.923. The Hall–Kier alpha value is -0.980. The van der Waals surface area contributed by atoms with E-state index in [2.05, 4.69) is 5.32 Å². The van der Waals surface area contributed by atoms with Crippen molar-refractivity contribution in [3.63, 3.8) is 0 Å². The number of primary amides is 1. The molecule has 1 saturated carbocycles. The molecule has 2 aliphatic rings. The first-order valence-electron chi connectivity index (χ1n) is 7.23. The first kappa shape index (κ1) is 15.4. The van der Waals surface area contributed by atoms with Crippen molar-refractivity contribution < 1.29 is 18.0 Å². The molecule has 0 unspecified atom stereocenters. The second-order valence-corrected chi connectivity index (χ2v) is 5.86. The van der Waals surface area contributed by atoms with Gasteiger partial charge in [-0.2, -0.15) is 13.2 Å². The molecule has 0 radical (unpaired) electrons. The first-order valence-corrected chi connectivity index (χ1v) is 7.23. The second-order valence-electron chi connectivity index (χ2n) is 5.86. The molecule has 0 bridgehead atoms. The van der Waals surface area contributed by atoms with Crippen molar-refractivity contribution in [1.82, 2.24) is 10.2 Å². The second kappa shape index (κ2) is 6.20. The Morgan fingerprint density at radius 1 is 1.00 bits per heavy atom. The number of amides is 2. The van der Waals surface area contributed by atoms with Crippen molar-refractivity contribution in [2.75, 3.05) is 13.1 Å². The third-order valence-corrected chi connectivity index (χ3v) is 4.47. The molecule has 2 rings (SSSR count). The van der Waals surface area contributed by atoms with Gasteiger partial charge in [0.15, 0.2) is 0 Å². The summed E-state index contributed by atoms with van der Waals surface area (Å²) in [4.78, 5) is 12.6. The fourth-order valence-corrected chi connectivity index (χ4v) is 3.19. The molecule has 0 spiro atoms. The standard InChI is InChI=1S/C13H22F3N3O/c14-13(15,16)9-1-3-10(4-2-9)18-11-5-7-19(8-6-11)12(17)20/h9-11,18H,1-8H2,(H2,17,20). The van der Waals surface area contributed by atoms with Crippen LogP contribution in [0.3, 0.4) is 0 Å². The van der Waals surface area contributed by atoms with Gasteiger partial charge in [-0.05, 0) is 38.5 Å². The topological polar surface area (TPSA) is 58.4 Å². The number of alkyl halides is 3. The van der Waals surface area contributed by atoms with Crippen LogP contribution >= 0.6 is 0 Å². The number of nitrogens with zero attached hydrogens (tertiary/aromatic N) is 1. The molecular weight excluding hydrogens is 271 g/mol. The highest BCUT2D eigenvalue weighted by atomic mass is 19.4. The van der Waals surface area contributed by atoms with Gasteiger partial charge in [-0.15, -0.1) is 0 Å². The molecular formula is C13H22F3N3O. The summed E-state index contributed by atoms with van der Waals surface area (Å²) in [6, 6.07) is 0.0749. The highest BCUT2D eigenvalue weighted by Crippen LogP contribution is 2.37. The summed E-state index contributed by atoms with van der Waals surface area (Å²) in [5.41, 5.74) is 5.21. The lowest BCUT2D eigenvalue weighted by Crippen LogP contribution is -2.50. The highest BCUT2D eigenvalue weighted by molar-refractivity contribution is 5.72. The lowest BCUT2D eigenvalue weighted by molar-refractivity contribution is -0.182. The average Bonchev–Trinajstić information content (AvgIpc) is 2.39. The number of rotatable bonds is 2. The van der Waals surface area contributed by atoms with Crippen molar-refractivity contribution in [2.45, 2.75) is 56.8 Å². The van der Waals surface area contributed by atoms with Crippen LogP contribution in [0.1, 0.15) is 38.5 Å². The Morgan fingerprint density at radius 2 is 1.50 bits per heavy atom. The van der Waals surface area contributed by atoms with Crippen LogP contribution in [0.2, 0.25) is 0 Å².